The number of aryl methyl sites for hydroxylation is 1. The zero-order valence-corrected chi connectivity index (χ0v) is 14.7. The lowest BCUT2D eigenvalue weighted by Crippen LogP contribution is -2.38. The van der Waals surface area contributed by atoms with Gasteiger partial charge in [-0.3, -0.25) is 9.48 Å². The number of nitrogens with two attached hydrogens (primary N) is 1. The Kier molecular flexibility index (Phi) is 4.76. The molecule has 1 aliphatic rings. The summed E-state index contributed by atoms with van der Waals surface area (Å²) in [7, 11) is -4.09. The summed E-state index contributed by atoms with van der Waals surface area (Å²) >= 11 is 0. The lowest BCUT2D eigenvalue weighted by Gasteiger charge is -2.23. The molecule has 26 heavy (non-hydrogen) atoms. The van der Waals surface area contributed by atoms with Crippen molar-refractivity contribution in [3.8, 4) is 0 Å². The summed E-state index contributed by atoms with van der Waals surface area (Å²) in [6.07, 6.45) is -0.131. The molecule has 11 heteroatoms. The monoisotopic (exact) mass is 385 g/mol. The highest BCUT2D eigenvalue weighted by Gasteiger charge is 2.41. The highest BCUT2D eigenvalue weighted by Crippen LogP contribution is 2.29. The number of halogens is 2. The Morgan fingerprint density at radius 3 is 2.77 bits per heavy atom. The van der Waals surface area contributed by atoms with Gasteiger partial charge in [0.05, 0.1) is 17.6 Å². The van der Waals surface area contributed by atoms with Gasteiger partial charge in [-0.25, -0.2) is 17.2 Å². The average molecular weight is 385 g/mol. The van der Waals surface area contributed by atoms with Gasteiger partial charge in [-0.15, -0.1) is 5.10 Å². The fraction of sp³-hybridized carbons (Fsp3) is 0.400. The van der Waals surface area contributed by atoms with Crippen LogP contribution in [0.5, 0.6) is 0 Å². The van der Waals surface area contributed by atoms with Crippen molar-refractivity contribution >= 4 is 15.9 Å². The predicted molar refractivity (Wildman–Crippen MR) is 86.9 cm³/mol. The van der Waals surface area contributed by atoms with Crippen LogP contribution in [0.4, 0.5) is 8.78 Å². The number of hydrogen-bond acceptors (Lipinski definition) is 5. The Labute approximate surface area is 148 Å². The van der Waals surface area contributed by atoms with Gasteiger partial charge in [0.1, 0.15) is 12.0 Å². The molecule has 0 aliphatic carbocycles. The molecule has 3 rings (SSSR count). The normalized spacial score (nSPS) is 21.2. The van der Waals surface area contributed by atoms with E-state index in [1.165, 1.54) is 29.9 Å². The molecule has 0 spiro atoms. The number of hydrogen-bond donors (Lipinski definition) is 1. The molecule has 1 aromatic carbocycles. The van der Waals surface area contributed by atoms with Crippen molar-refractivity contribution in [2.24, 2.45) is 5.73 Å². The number of sulfonamides is 1. The molecule has 140 valence electrons. The van der Waals surface area contributed by atoms with Gasteiger partial charge in [-0.05, 0) is 31.0 Å². The highest BCUT2D eigenvalue weighted by atomic mass is 32.2. The zero-order valence-electron chi connectivity index (χ0n) is 13.8. The minimum atomic E-state index is -4.09. The third kappa shape index (κ3) is 3.44. The second kappa shape index (κ2) is 6.72. The van der Waals surface area contributed by atoms with Crippen LogP contribution < -0.4 is 5.73 Å². The van der Waals surface area contributed by atoms with Gasteiger partial charge in [0.25, 0.3) is 5.91 Å². The first kappa shape index (κ1) is 18.4. The van der Waals surface area contributed by atoms with E-state index >= 15 is 0 Å². The summed E-state index contributed by atoms with van der Waals surface area (Å²) in [5, 5.41) is 7.27. The minimum absolute atomic E-state index is 0.00568. The Balaban J connectivity index is 1.88. The van der Waals surface area contributed by atoms with Crippen molar-refractivity contribution < 1.29 is 22.0 Å². The topological polar surface area (TPSA) is 111 Å². The number of amides is 1. The molecule has 1 saturated heterocycles. The van der Waals surface area contributed by atoms with Crippen LogP contribution in [0.15, 0.2) is 29.3 Å². The number of aromatic nitrogens is 3. The average Bonchev–Trinajstić information content (AvgIpc) is 3.17. The number of rotatable bonds is 5. The summed E-state index contributed by atoms with van der Waals surface area (Å²) in [6, 6.07) is 2.82. The number of alkyl halides is 1. The molecule has 1 aliphatic heterocycles. The van der Waals surface area contributed by atoms with E-state index in [0.29, 0.717) is 5.56 Å². The Hall–Kier alpha value is -2.40. The fourth-order valence-corrected chi connectivity index (χ4v) is 4.54. The number of carbonyl (C=O) groups excluding carboxylic acids is 1. The molecule has 8 nitrogen and oxygen atoms in total. The molecule has 2 heterocycles. The molecule has 0 saturated carbocycles. The van der Waals surface area contributed by atoms with Gasteiger partial charge >= 0.3 is 0 Å². The highest BCUT2D eigenvalue weighted by molar-refractivity contribution is 7.89. The van der Waals surface area contributed by atoms with Crippen molar-refractivity contribution in [3.63, 3.8) is 0 Å². The maximum atomic E-state index is 13.9. The maximum absolute atomic E-state index is 13.9. The summed E-state index contributed by atoms with van der Waals surface area (Å²) in [6.45, 7) is 1.18. The summed E-state index contributed by atoms with van der Waals surface area (Å²) in [4.78, 5) is 10.8. The third-order valence-electron chi connectivity index (χ3n) is 4.25. The van der Waals surface area contributed by atoms with Crippen LogP contribution in [0.2, 0.25) is 0 Å². The Morgan fingerprint density at radius 1 is 1.42 bits per heavy atom. The molecular formula is C15H17F2N5O3S. The van der Waals surface area contributed by atoms with Crippen LogP contribution in [0, 0.1) is 12.7 Å². The molecule has 2 aromatic rings. The van der Waals surface area contributed by atoms with E-state index in [0.717, 1.165) is 10.4 Å². The molecule has 1 aromatic heterocycles. The number of benzene rings is 1. The first-order chi connectivity index (χ1) is 12.2. The first-order valence-corrected chi connectivity index (χ1v) is 9.24. The second-order valence-corrected chi connectivity index (χ2v) is 8.05. The maximum Gasteiger partial charge on any atom is 0.270 e. The Morgan fingerprint density at radius 2 is 2.15 bits per heavy atom. The summed E-state index contributed by atoms with van der Waals surface area (Å²) < 4.78 is 55.6. The third-order valence-corrected chi connectivity index (χ3v) is 6.17. The summed E-state index contributed by atoms with van der Waals surface area (Å²) in [5.41, 5.74) is 5.34. The lowest BCUT2D eigenvalue weighted by molar-refractivity contribution is 0.0995. The molecule has 2 N–H and O–H groups in total. The van der Waals surface area contributed by atoms with Crippen LogP contribution in [0.25, 0.3) is 0 Å². The number of primary amides is 1. The van der Waals surface area contributed by atoms with E-state index in [1.807, 2.05) is 0 Å². The fourth-order valence-electron chi connectivity index (χ4n) is 2.88. The standard InChI is InChI=1S/C15H17F2N5O3S/c1-9-2-3-12(5-13(9)17)26(24,25)22-6-10(16)4-11(22)7-21-8-14(15(18)23)19-20-21/h2-3,5,8,10-11H,4,6-7H2,1H3,(H2,18,23). The van der Waals surface area contributed by atoms with Crippen molar-refractivity contribution in [2.45, 2.75) is 37.0 Å². The van der Waals surface area contributed by atoms with E-state index in [4.69, 9.17) is 5.73 Å². The zero-order chi connectivity index (χ0) is 19.1. The van der Waals surface area contributed by atoms with Crippen LogP contribution in [0.1, 0.15) is 22.5 Å². The van der Waals surface area contributed by atoms with Gasteiger partial charge < -0.3 is 5.73 Å². The van der Waals surface area contributed by atoms with Gasteiger partial charge in [-0.1, -0.05) is 11.3 Å². The molecule has 0 bridgehead atoms. The SMILES string of the molecule is Cc1ccc(S(=O)(=O)N2CC(F)CC2Cn2cc(C(N)=O)nn2)cc1F. The van der Waals surface area contributed by atoms with E-state index in [-0.39, 0.29) is 30.1 Å². The Bertz CT molecular complexity index is 947. The van der Waals surface area contributed by atoms with Crippen molar-refractivity contribution in [1.29, 1.82) is 0 Å². The largest absolute Gasteiger partial charge is 0.364 e. The molecule has 1 amide bonds. The van der Waals surface area contributed by atoms with Crippen LogP contribution >= 0.6 is 0 Å². The van der Waals surface area contributed by atoms with E-state index in [2.05, 4.69) is 10.3 Å². The van der Waals surface area contributed by atoms with Crippen LogP contribution in [-0.4, -0.2) is 52.4 Å². The van der Waals surface area contributed by atoms with Crippen molar-refractivity contribution in [3.05, 3.63) is 41.5 Å². The van der Waals surface area contributed by atoms with Gasteiger partial charge in [-0.2, -0.15) is 4.31 Å². The molecule has 2 atom stereocenters. The molecule has 2 unspecified atom stereocenters. The van der Waals surface area contributed by atoms with Gasteiger partial charge in [0, 0.05) is 12.6 Å². The minimum Gasteiger partial charge on any atom is -0.364 e. The number of carbonyl (C=O) groups is 1. The van der Waals surface area contributed by atoms with Crippen molar-refractivity contribution in [2.75, 3.05) is 6.54 Å². The van der Waals surface area contributed by atoms with E-state index in [1.54, 1.807) is 0 Å². The summed E-state index contributed by atoms with van der Waals surface area (Å²) in [5.74, 6) is -1.42. The number of nitrogens with zero attached hydrogens (tertiary/aromatic N) is 4. The smallest absolute Gasteiger partial charge is 0.270 e. The van der Waals surface area contributed by atoms with E-state index in [9.17, 15) is 22.0 Å². The lowest BCUT2D eigenvalue weighted by atomic mass is 10.2. The second-order valence-electron chi connectivity index (χ2n) is 6.16. The predicted octanol–water partition coefficient (Wildman–Crippen LogP) is 0.626. The molecule has 0 radical (unpaired) electrons. The first-order valence-electron chi connectivity index (χ1n) is 7.80. The van der Waals surface area contributed by atoms with Gasteiger partial charge in [0.2, 0.25) is 10.0 Å². The van der Waals surface area contributed by atoms with Crippen molar-refractivity contribution in [1.82, 2.24) is 19.3 Å². The quantitative estimate of drug-likeness (QED) is 0.811. The van der Waals surface area contributed by atoms with E-state index < -0.39 is 34.0 Å². The van der Waals surface area contributed by atoms with Crippen LogP contribution in [0.3, 0.4) is 0 Å². The molecular weight excluding hydrogens is 368 g/mol. The van der Waals surface area contributed by atoms with Gasteiger partial charge in [0.15, 0.2) is 5.69 Å². The molecule has 1 fully saturated rings. The van der Waals surface area contributed by atoms with Crippen LogP contribution in [-0.2, 0) is 16.6 Å².